The molecule has 108 valence electrons. The lowest BCUT2D eigenvalue weighted by Gasteiger charge is -2.10. The minimum atomic E-state index is -3.48. The van der Waals surface area contributed by atoms with Crippen LogP contribution in [0, 0.1) is 0 Å². The van der Waals surface area contributed by atoms with E-state index in [2.05, 4.69) is 4.72 Å². The lowest BCUT2D eigenvalue weighted by molar-refractivity contribution is 0.114. The molecule has 0 saturated carbocycles. The fourth-order valence-electron chi connectivity index (χ4n) is 2.23. The summed E-state index contributed by atoms with van der Waals surface area (Å²) >= 11 is 0. The molecule has 0 aromatic carbocycles. The number of nitrogens with one attached hydrogen (secondary N) is 1. The van der Waals surface area contributed by atoms with Gasteiger partial charge in [0.1, 0.15) is 0 Å². The van der Waals surface area contributed by atoms with Crippen molar-refractivity contribution in [1.82, 2.24) is 9.29 Å². The van der Waals surface area contributed by atoms with Gasteiger partial charge in [-0.25, -0.2) is 13.1 Å². The Morgan fingerprint density at radius 2 is 2.37 bits per heavy atom. The molecule has 1 aromatic heterocycles. The summed E-state index contributed by atoms with van der Waals surface area (Å²) in [6.07, 6.45) is 3.53. The number of rotatable bonds is 6. The van der Waals surface area contributed by atoms with Crippen LogP contribution in [0.15, 0.2) is 17.2 Å². The normalized spacial score (nSPS) is 20.0. The van der Waals surface area contributed by atoms with E-state index in [9.17, 15) is 8.42 Å². The topological polar surface area (TPSA) is 86.3 Å². The van der Waals surface area contributed by atoms with Crippen molar-refractivity contribution in [3.8, 4) is 0 Å². The summed E-state index contributed by atoms with van der Waals surface area (Å²) in [6.45, 7) is 4.03. The molecule has 6 nitrogen and oxygen atoms in total. The second-order valence-electron chi connectivity index (χ2n) is 4.64. The van der Waals surface area contributed by atoms with Crippen molar-refractivity contribution in [2.75, 3.05) is 13.2 Å². The molecule has 0 bridgehead atoms. The van der Waals surface area contributed by atoms with Gasteiger partial charge in [-0.1, -0.05) is 0 Å². The molecule has 7 heteroatoms. The third-order valence-corrected chi connectivity index (χ3v) is 4.74. The third-order valence-electron chi connectivity index (χ3n) is 3.35. The van der Waals surface area contributed by atoms with E-state index in [-0.39, 0.29) is 11.0 Å². The number of aromatic nitrogens is 1. The van der Waals surface area contributed by atoms with E-state index >= 15 is 0 Å². The molecule has 3 N–H and O–H groups in total. The smallest absolute Gasteiger partial charge is 0.242 e. The highest BCUT2D eigenvalue weighted by atomic mass is 32.2. The lowest BCUT2D eigenvalue weighted by atomic mass is 10.2. The summed E-state index contributed by atoms with van der Waals surface area (Å²) < 4.78 is 34.2. The fraction of sp³-hybridized carbons (Fsp3) is 0.667. The van der Waals surface area contributed by atoms with Gasteiger partial charge in [0.25, 0.3) is 0 Å². The van der Waals surface area contributed by atoms with Crippen LogP contribution in [0.3, 0.4) is 0 Å². The molecule has 0 aliphatic carbocycles. The van der Waals surface area contributed by atoms with Crippen molar-refractivity contribution in [2.45, 2.75) is 43.9 Å². The molecule has 2 rings (SSSR count). The van der Waals surface area contributed by atoms with Crippen molar-refractivity contribution in [3.05, 3.63) is 18.0 Å². The molecule has 1 aliphatic heterocycles. The number of ether oxygens (including phenoxy) is 1. The standard InChI is InChI=1S/C12H21N3O3S/c1-2-15-9-12(6-10(15)7-13)19(16,17)14-8-11-4-3-5-18-11/h6,9,11,14H,2-5,7-8,13H2,1H3. The minimum absolute atomic E-state index is 0.00276. The minimum Gasteiger partial charge on any atom is -0.377 e. The first-order valence-electron chi connectivity index (χ1n) is 6.57. The molecule has 0 spiro atoms. The summed E-state index contributed by atoms with van der Waals surface area (Å²) in [6, 6.07) is 1.63. The monoisotopic (exact) mass is 287 g/mol. The summed E-state index contributed by atoms with van der Waals surface area (Å²) in [7, 11) is -3.48. The maximum atomic E-state index is 12.2. The van der Waals surface area contributed by atoms with E-state index in [4.69, 9.17) is 10.5 Å². The SMILES string of the molecule is CCn1cc(S(=O)(=O)NCC2CCCO2)cc1CN. The van der Waals surface area contributed by atoms with Crippen LogP contribution < -0.4 is 10.5 Å². The Kier molecular flexibility index (Phi) is 4.62. The van der Waals surface area contributed by atoms with Crippen LogP contribution in [0.4, 0.5) is 0 Å². The highest BCUT2D eigenvalue weighted by molar-refractivity contribution is 7.89. The second kappa shape index (κ2) is 6.04. The van der Waals surface area contributed by atoms with E-state index < -0.39 is 10.0 Å². The summed E-state index contributed by atoms with van der Waals surface area (Å²) in [5, 5.41) is 0. The molecule has 1 atom stereocenters. The van der Waals surface area contributed by atoms with Crippen molar-refractivity contribution in [1.29, 1.82) is 0 Å². The van der Waals surface area contributed by atoms with Crippen LogP contribution in [0.2, 0.25) is 0 Å². The molecular formula is C12H21N3O3S. The van der Waals surface area contributed by atoms with Gasteiger partial charge >= 0.3 is 0 Å². The predicted octanol–water partition coefficient (Wildman–Crippen LogP) is 0.424. The molecule has 1 unspecified atom stereocenters. The Bertz CT molecular complexity index is 497. The molecule has 0 radical (unpaired) electrons. The maximum absolute atomic E-state index is 12.2. The molecular weight excluding hydrogens is 266 g/mol. The summed E-state index contributed by atoms with van der Waals surface area (Å²) in [5.74, 6) is 0. The van der Waals surface area contributed by atoms with Gasteiger partial charge in [0.2, 0.25) is 10.0 Å². The van der Waals surface area contributed by atoms with Crippen molar-refractivity contribution < 1.29 is 13.2 Å². The van der Waals surface area contributed by atoms with Crippen LogP contribution in [0.5, 0.6) is 0 Å². The molecule has 0 amide bonds. The molecule has 1 aromatic rings. The summed E-state index contributed by atoms with van der Waals surface area (Å²) in [4.78, 5) is 0.271. The number of hydrogen-bond acceptors (Lipinski definition) is 4. The molecule has 1 fully saturated rings. The van der Waals surface area contributed by atoms with Crippen molar-refractivity contribution >= 4 is 10.0 Å². The number of sulfonamides is 1. The second-order valence-corrected chi connectivity index (χ2v) is 6.41. The van der Waals surface area contributed by atoms with Crippen molar-refractivity contribution in [3.63, 3.8) is 0 Å². The average Bonchev–Trinajstić information content (AvgIpc) is 3.05. The molecule has 2 heterocycles. The van der Waals surface area contributed by atoms with E-state index in [0.29, 0.717) is 19.6 Å². The zero-order chi connectivity index (χ0) is 13.9. The Hall–Kier alpha value is -0.890. The third kappa shape index (κ3) is 3.36. The fourth-order valence-corrected chi connectivity index (χ4v) is 3.36. The van der Waals surface area contributed by atoms with Gasteiger partial charge in [-0.3, -0.25) is 0 Å². The van der Waals surface area contributed by atoms with Crippen LogP contribution in [0.25, 0.3) is 0 Å². The number of hydrogen-bond donors (Lipinski definition) is 2. The van der Waals surface area contributed by atoms with E-state index in [1.54, 1.807) is 12.3 Å². The van der Waals surface area contributed by atoms with Crippen LogP contribution in [0.1, 0.15) is 25.5 Å². The molecule has 1 saturated heterocycles. The van der Waals surface area contributed by atoms with E-state index in [0.717, 1.165) is 25.1 Å². The summed E-state index contributed by atoms with van der Waals surface area (Å²) in [5.41, 5.74) is 6.42. The first-order chi connectivity index (χ1) is 9.06. The maximum Gasteiger partial charge on any atom is 0.242 e. The zero-order valence-corrected chi connectivity index (χ0v) is 11.9. The largest absolute Gasteiger partial charge is 0.377 e. The van der Waals surface area contributed by atoms with Crippen LogP contribution in [-0.2, 0) is 27.8 Å². The van der Waals surface area contributed by atoms with Gasteiger partial charge < -0.3 is 15.0 Å². The van der Waals surface area contributed by atoms with Crippen LogP contribution in [-0.4, -0.2) is 32.2 Å². The van der Waals surface area contributed by atoms with Gasteiger partial charge in [0.15, 0.2) is 0 Å². The van der Waals surface area contributed by atoms with Gasteiger partial charge in [0, 0.05) is 38.1 Å². The number of aryl methyl sites for hydroxylation is 1. The molecule has 1 aliphatic rings. The first-order valence-corrected chi connectivity index (χ1v) is 8.05. The van der Waals surface area contributed by atoms with E-state index in [1.165, 1.54) is 0 Å². The zero-order valence-electron chi connectivity index (χ0n) is 11.1. The van der Waals surface area contributed by atoms with Gasteiger partial charge in [-0.15, -0.1) is 0 Å². The average molecular weight is 287 g/mol. The lowest BCUT2D eigenvalue weighted by Crippen LogP contribution is -2.31. The number of nitrogens with zero attached hydrogens (tertiary/aromatic N) is 1. The highest BCUT2D eigenvalue weighted by Gasteiger charge is 2.21. The number of nitrogens with two attached hydrogens (primary N) is 1. The van der Waals surface area contributed by atoms with Crippen molar-refractivity contribution in [2.24, 2.45) is 5.73 Å². The van der Waals surface area contributed by atoms with Gasteiger partial charge in [0.05, 0.1) is 11.0 Å². The Morgan fingerprint density at radius 1 is 1.58 bits per heavy atom. The Balaban J connectivity index is 2.07. The Morgan fingerprint density at radius 3 is 2.89 bits per heavy atom. The first kappa shape index (κ1) is 14.5. The van der Waals surface area contributed by atoms with Gasteiger partial charge in [-0.2, -0.15) is 0 Å². The Labute approximate surface area is 114 Å². The predicted molar refractivity (Wildman–Crippen MR) is 72.2 cm³/mol. The molecule has 19 heavy (non-hydrogen) atoms. The van der Waals surface area contributed by atoms with E-state index in [1.807, 2.05) is 11.5 Å². The highest BCUT2D eigenvalue weighted by Crippen LogP contribution is 2.16. The van der Waals surface area contributed by atoms with Crippen LogP contribution >= 0.6 is 0 Å². The van der Waals surface area contributed by atoms with Gasteiger partial charge in [-0.05, 0) is 25.8 Å². The quantitative estimate of drug-likeness (QED) is 0.794.